The SMILES string of the molecule is CC(=O)Nc1ccc2[nH]nc(-c3ccc4ccccc4c3)c2n1.Nc1ccc2[nH]nc(-c3ccc4ccccc4c3)c2n1.O=C(Cc1cccs1)Nc1ccc2[nH]nc(-c3ccc4ccccc4c3)c2n1.O=C(Nc1ccc2[nH]nc(-c3ccc4ccccc4c3)c2n1)c1ccco1. The van der Waals surface area contributed by atoms with Crippen molar-refractivity contribution in [3.05, 3.63) is 265 Å². The van der Waals surface area contributed by atoms with Crippen molar-refractivity contribution >= 4 is 140 Å². The monoisotopic (exact) mass is 1300 g/mol. The average molecular weight is 1300 g/mol. The lowest BCUT2D eigenvalue weighted by Crippen LogP contribution is -2.14. The Morgan fingerprint density at radius 1 is 0.398 bits per heavy atom. The number of amides is 3. The van der Waals surface area contributed by atoms with E-state index in [4.69, 9.17) is 10.2 Å². The number of benzene rings is 8. The summed E-state index contributed by atoms with van der Waals surface area (Å²) in [5.74, 6) is 1.65. The van der Waals surface area contributed by atoms with Crippen LogP contribution in [0.5, 0.6) is 0 Å². The smallest absolute Gasteiger partial charge is 0.292 e. The van der Waals surface area contributed by atoms with E-state index in [9.17, 15) is 14.4 Å². The minimum Gasteiger partial charge on any atom is -0.459 e. The number of aromatic amines is 4. The minimum absolute atomic E-state index is 0.0787. The van der Waals surface area contributed by atoms with Gasteiger partial charge in [-0.1, -0.05) is 152 Å². The third-order valence-corrected chi connectivity index (χ3v) is 17.1. The summed E-state index contributed by atoms with van der Waals surface area (Å²) in [6.45, 7) is 1.46. The molecule has 0 aliphatic rings. The van der Waals surface area contributed by atoms with Crippen LogP contribution in [0, 0.1) is 0 Å². The number of fused-ring (bicyclic) bond motifs is 8. The van der Waals surface area contributed by atoms with Crippen LogP contribution in [0.3, 0.4) is 0 Å². The van der Waals surface area contributed by atoms with Gasteiger partial charge in [0.15, 0.2) is 5.76 Å². The molecule has 9 N–H and O–H groups in total. The number of nitrogens with one attached hydrogen (secondary N) is 7. The van der Waals surface area contributed by atoms with Gasteiger partial charge in [0.05, 0.1) is 34.8 Å². The van der Waals surface area contributed by atoms with Crippen molar-refractivity contribution < 1.29 is 18.8 Å². The number of nitrogens with two attached hydrogens (primary N) is 1. The zero-order valence-corrected chi connectivity index (χ0v) is 53.0. The van der Waals surface area contributed by atoms with Crippen LogP contribution in [0.15, 0.2) is 259 Å². The highest BCUT2D eigenvalue weighted by Gasteiger charge is 2.18. The first kappa shape index (κ1) is 60.7. The van der Waals surface area contributed by atoms with Crippen LogP contribution in [0.4, 0.5) is 23.3 Å². The molecule has 0 atom stereocenters. The number of hydrogen-bond acceptors (Lipinski definition) is 14. The van der Waals surface area contributed by atoms with Gasteiger partial charge in [0.2, 0.25) is 11.8 Å². The van der Waals surface area contributed by atoms with Crippen molar-refractivity contribution in [3.8, 4) is 45.0 Å². The molecule has 10 aromatic heterocycles. The zero-order chi connectivity index (χ0) is 66.5. The van der Waals surface area contributed by atoms with Gasteiger partial charge in [-0.05, 0) is 139 Å². The van der Waals surface area contributed by atoms with E-state index in [1.54, 1.807) is 47.7 Å². The van der Waals surface area contributed by atoms with E-state index >= 15 is 0 Å². The fourth-order valence-electron chi connectivity index (χ4n) is 11.5. The zero-order valence-electron chi connectivity index (χ0n) is 52.2. The predicted octanol–water partition coefficient (Wildman–Crippen LogP) is 16.7. The molecule has 0 unspecified atom stereocenters. The first-order valence-electron chi connectivity index (χ1n) is 31.1. The number of nitrogen functional groups attached to an aromatic ring is 1. The number of furan rings is 1. The van der Waals surface area contributed by atoms with Gasteiger partial charge in [0.1, 0.15) is 68.1 Å². The normalized spacial score (nSPS) is 11.1. The maximum absolute atomic E-state index is 12.3. The summed E-state index contributed by atoms with van der Waals surface area (Å²) >= 11 is 1.57. The molecule has 0 saturated carbocycles. The number of carbonyl (C=O) groups is 3. The summed E-state index contributed by atoms with van der Waals surface area (Å²) in [5.41, 5.74) is 19.2. The topological polar surface area (TPSA) is 293 Å². The summed E-state index contributed by atoms with van der Waals surface area (Å²) < 4.78 is 5.12. The van der Waals surface area contributed by atoms with Gasteiger partial charge in [-0.15, -0.1) is 11.3 Å². The summed E-state index contributed by atoms with van der Waals surface area (Å²) in [5, 5.41) is 49.3. The van der Waals surface area contributed by atoms with Crippen molar-refractivity contribution in [2.75, 3.05) is 21.7 Å². The number of nitrogens with zero attached hydrogens (tertiary/aromatic N) is 8. The van der Waals surface area contributed by atoms with E-state index in [0.29, 0.717) is 35.2 Å². The molecule has 0 aliphatic carbocycles. The first-order valence-corrected chi connectivity index (χ1v) is 32.0. The minimum atomic E-state index is -0.345. The van der Waals surface area contributed by atoms with Crippen LogP contribution in [0.1, 0.15) is 22.4 Å². The molecule has 20 nitrogen and oxygen atoms in total. The Balaban J connectivity index is 0.000000107. The van der Waals surface area contributed by atoms with E-state index in [-0.39, 0.29) is 23.5 Å². The highest BCUT2D eigenvalue weighted by Crippen LogP contribution is 2.34. The number of rotatable bonds is 10. The maximum Gasteiger partial charge on any atom is 0.292 e. The van der Waals surface area contributed by atoms with E-state index in [0.717, 1.165) is 105 Å². The van der Waals surface area contributed by atoms with Crippen LogP contribution in [0.2, 0.25) is 0 Å². The molecule has 18 aromatic rings. The second kappa shape index (κ2) is 26.8. The van der Waals surface area contributed by atoms with Gasteiger partial charge >= 0.3 is 0 Å². The predicted molar refractivity (Wildman–Crippen MR) is 389 cm³/mol. The summed E-state index contributed by atoms with van der Waals surface area (Å²) in [7, 11) is 0. The maximum atomic E-state index is 12.3. The van der Waals surface area contributed by atoms with Crippen molar-refractivity contribution in [2.45, 2.75) is 13.3 Å². The molecule has 0 saturated heterocycles. The standard InChI is InChI=1S/C22H16N4OS.C21H14N4O2.C18H14N4O.C16H12N4/c27-20(13-17-6-3-11-28-17)23-19-10-9-18-22(24-19)21(26-25-18)16-8-7-14-4-1-2-5-15(14)12-16;26-21(17-6-3-11-27-17)23-18-10-9-16-20(22-18)19(25-24-16)15-8-7-13-4-1-2-5-14(13)12-15;1-11(23)19-16-9-8-15-18(20-16)17(22-21-15)14-7-6-12-4-2-3-5-13(12)10-14;17-14-8-7-13-16(18-14)15(20-19-13)12-6-5-10-3-1-2-4-11(10)9-12/h1-12H,13H2,(H,25,26)(H,23,24,27);1-12H,(H,24,25)(H,22,23,26);2-10H,1H3,(H,21,22)(H,19,20,23);1-9H,(H2,17,18)(H,19,20). The second-order valence-electron chi connectivity index (χ2n) is 22.9. The molecule has 0 fully saturated rings. The molecule has 21 heteroatoms. The number of aromatic nitrogens is 12. The summed E-state index contributed by atoms with van der Waals surface area (Å²) in [6, 6.07) is 79.4. The summed E-state index contributed by atoms with van der Waals surface area (Å²) in [6.07, 6.45) is 1.81. The Morgan fingerprint density at radius 2 is 0.776 bits per heavy atom. The number of hydrogen-bond donors (Lipinski definition) is 8. The van der Waals surface area contributed by atoms with Crippen LogP contribution in [-0.2, 0) is 16.0 Å². The third kappa shape index (κ3) is 13.1. The summed E-state index contributed by atoms with van der Waals surface area (Å²) in [4.78, 5) is 54.8. The molecule has 0 spiro atoms. The second-order valence-corrected chi connectivity index (χ2v) is 23.9. The van der Waals surface area contributed by atoms with Gasteiger partial charge in [0, 0.05) is 34.1 Å². The van der Waals surface area contributed by atoms with Crippen molar-refractivity contribution in [1.29, 1.82) is 0 Å². The first-order chi connectivity index (χ1) is 48.0. The number of H-pyrrole nitrogens is 4. The lowest BCUT2D eigenvalue weighted by atomic mass is 10.0. The Bertz CT molecular complexity index is 5980. The number of pyridine rings is 4. The highest BCUT2D eigenvalue weighted by molar-refractivity contribution is 7.10. The highest BCUT2D eigenvalue weighted by atomic mass is 32.1. The van der Waals surface area contributed by atoms with E-state index in [2.05, 4.69) is 180 Å². The molecule has 0 radical (unpaired) electrons. The Morgan fingerprint density at radius 3 is 1.15 bits per heavy atom. The molecule has 18 rings (SSSR count). The number of thiophene rings is 1. The largest absolute Gasteiger partial charge is 0.459 e. The lowest BCUT2D eigenvalue weighted by molar-refractivity contribution is -0.116. The van der Waals surface area contributed by atoms with Gasteiger partial charge in [0.25, 0.3) is 5.91 Å². The lowest BCUT2D eigenvalue weighted by Gasteiger charge is -2.05. The molecule has 8 aromatic carbocycles. The number of carbonyl (C=O) groups excluding carboxylic acids is 3. The molecule has 98 heavy (non-hydrogen) atoms. The van der Waals surface area contributed by atoms with Crippen LogP contribution in [0.25, 0.3) is 132 Å². The van der Waals surface area contributed by atoms with Gasteiger partial charge < -0.3 is 26.1 Å². The molecule has 3 amide bonds. The Labute approximate surface area is 561 Å². The fourth-order valence-corrected chi connectivity index (χ4v) is 12.2. The molecular weight excluding hydrogens is 1250 g/mol. The number of anilines is 4. The molecule has 0 bridgehead atoms. The molecule has 10 heterocycles. The quantitative estimate of drug-likeness (QED) is 0.0633. The Hall–Kier alpha value is -13.5. The third-order valence-electron chi connectivity index (χ3n) is 16.2. The molecule has 0 aliphatic heterocycles. The van der Waals surface area contributed by atoms with Crippen LogP contribution < -0.4 is 21.7 Å². The van der Waals surface area contributed by atoms with E-state index in [1.807, 2.05) is 109 Å². The Kier molecular flexibility index (Phi) is 16.6. The van der Waals surface area contributed by atoms with Crippen molar-refractivity contribution in [2.24, 2.45) is 0 Å². The van der Waals surface area contributed by atoms with E-state index in [1.165, 1.54) is 40.1 Å². The van der Waals surface area contributed by atoms with Crippen LogP contribution in [-0.4, -0.2) is 78.4 Å². The average Bonchev–Trinajstić information content (AvgIpc) is 1.62. The van der Waals surface area contributed by atoms with Gasteiger partial charge in [-0.3, -0.25) is 34.8 Å². The van der Waals surface area contributed by atoms with Crippen LogP contribution >= 0.6 is 11.3 Å². The van der Waals surface area contributed by atoms with E-state index < -0.39 is 0 Å². The molecular formula is C77H56N16O4S. The van der Waals surface area contributed by atoms with Gasteiger partial charge in [-0.2, -0.15) is 20.4 Å². The molecule has 474 valence electrons. The van der Waals surface area contributed by atoms with Crippen molar-refractivity contribution in [3.63, 3.8) is 0 Å². The van der Waals surface area contributed by atoms with Crippen molar-refractivity contribution in [1.82, 2.24) is 60.7 Å². The fraction of sp³-hybridized carbons (Fsp3) is 0.0260. The van der Waals surface area contributed by atoms with Gasteiger partial charge in [-0.25, -0.2) is 19.9 Å².